The summed E-state index contributed by atoms with van der Waals surface area (Å²) in [5, 5.41) is 17.6. The predicted octanol–water partition coefficient (Wildman–Crippen LogP) is 2.33. The number of piperidine rings is 1. The number of nitrogens with zero attached hydrogens (tertiary/aromatic N) is 2. The molecule has 2 heterocycles. The van der Waals surface area contributed by atoms with Gasteiger partial charge in [-0.15, -0.1) is 0 Å². The van der Waals surface area contributed by atoms with E-state index in [2.05, 4.69) is 15.1 Å². The SMILES string of the molecule is COc1cccc([C@H](O)CN2CCC[C@@H](c3ccn[nH]3)C2)c1. The number of likely N-dealkylation sites (tertiary alicyclic amines) is 1. The monoisotopic (exact) mass is 301 g/mol. The zero-order valence-electron chi connectivity index (χ0n) is 12.9. The molecule has 2 N–H and O–H groups in total. The van der Waals surface area contributed by atoms with Crippen molar-refractivity contribution < 1.29 is 9.84 Å². The van der Waals surface area contributed by atoms with E-state index in [4.69, 9.17) is 4.74 Å². The van der Waals surface area contributed by atoms with E-state index < -0.39 is 6.10 Å². The maximum absolute atomic E-state index is 10.5. The van der Waals surface area contributed by atoms with E-state index in [-0.39, 0.29) is 0 Å². The molecule has 0 amide bonds. The van der Waals surface area contributed by atoms with E-state index in [9.17, 15) is 5.11 Å². The molecule has 5 heteroatoms. The molecule has 0 saturated carbocycles. The van der Waals surface area contributed by atoms with Crippen LogP contribution in [0.5, 0.6) is 5.75 Å². The molecule has 1 fully saturated rings. The van der Waals surface area contributed by atoms with Gasteiger partial charge in [-0.25, -0.2) is 0 Å². The number of methoxy groups -OCH3 is 1. The number of benzene rings is 1. The molecule has 3 rings (SSSR count). The van der Waals surface area contributed by atoms with E-state index in [0.717, 1.165) is 30.8 Å². The number of rotatable bonds is 5. The Hall–Kier alpha value is -1.85. The number of aromatic amines is 1. The second-order valence-electron chi connectivity index (χ2n) is 5.90. The minimum atomic E-state index is -0.490. The van der Waals surface area contributed by atoms with E-state index in [1.807, 2.05) is 30.3 Å². The Morgan fingerprint density at radius 3 is 3.14 bits per heavy atom. The molecule has 0 spiro atoms. The van der Waals surface area contributed by atoms with Gasteiger partial charge >= 0.3 is 0 Å². The van der Waals surface area contributed by atoms with E-state index in [0.29, 0.717) is 12.5 Å². The summed E-state index contributed by atoms with van der Waals surface area (Å²) in [5.74, 6) is 1.26. The minimum Gasteiger partial charge on any atom is -0.497 e. The quantitative estimate of drug-likeness (QED) is 0.890. The lowest BCUT2D eigenvalue weighted by molar-refractivity contribution is 0.0948. The first-order chi connectivity index (χ1) is 10.8. The molecule has 1 aromatic carbocycles. The number of aromatic nitrogens is 2. The van der Waals surface area contributed by atoms with Crippen LogP contribution in [0, 0.1) is 0 Å². The normalized spacial score (nSPS) is 20.7. The van der Waals surface area contributed by atoms with Crippen molar-refractivity contribution in [2.75, 3.05) is 26.7 Å². The third-order valence-corrected chi connectivity index (χ3v) is 4.38. The van der Waals surface area contributed by atoms with E-state index >= 15 is 0 Å². The Kier molecular flexibility index (Phi) is 4.75. The molecule has 1 aliphatic heterocycles. The third kappa shape index (κ3) is 3.48. The first-order valence-electron chi connectivity index (χ1n) is 7.80. The lowest BCUT2D eigenvalue weighted by Gasteiger charge is -2.33. The molecular formula is C17H23N3O2. The Morgan fingerprint density at radius 1 is 1.45 bits per heavy atom. The number of aliphatic hydroxyl groups is 1. The summed E-state index contributed by atoms with van der Waals surface area (Å²) in [6.07, 6.45) is 3.64. The fourth-order valence-corrected chi connectivity index (χ4v) is 3.17. The van der Waals surface area contributed by atoms with Gasteiger partial charge in [-0.3, -0.25) is 10.00 Å². The molecule has 1 aliphatic rings. The number of H-pyrrole nitrogens is 1. The number of hydrogen-bond acceptors (Lipinski definition) is 4. The zero-order chi connectivity index (χ0) is 15.4. The molecule has 5 nitrogen and oxygen atoms in total. The van der Waals surface area contributed by atoms with Crippen molar-refractivity contribution >= 4 is 0 Å². The van der Waals surface area contributed by atoms with Crippen molar-refractivity contribution in [3.05, 3.63) is 47.8 Å². The van der Waals surface area contributed by atoms with Crippen molar-refractivity contribution in [3.8, 4) is 5.75 Å². The Morgan fingerprint density at radius 2 is 2.36 bits per heavy atom. The zero-order valence-corrected chi connectivity index (χ0v) is 12.9. The number of nitrogens with one attached hydrogen (secondary N) is 1. The van der Waals surface area contributed by atoms with Crippen LogP contribution in [0.2, 0.25) is 0 Å². The summed E-state index contributed by atoms with van der Waals surface area (Å²) in [7, 11) is 1.64. The van der Waals surface area contributed by atoms with Crippen LogP contribution in [-0.4, -0.2) is 46.9 Å². The summed E-state index contributed by atoms with van der Waals surface area (Å²) < 4.78 is 5.23. The summed E-state index contributed by atoms with van der Waals surface area (Å²) in [6, 6.07) is 9.71. The van der Waals surface area contributed by atoms with Gasteiger partial charge in [-0.2, -0.15) is 5.10 Å². The lowest BCUT2D eigenvalue weighted by atomic mass is 9.94. The van der Waals surface area contributed by atoms with Crippen LogP contribution < -0.4 is 4.74 Å². The van der Waals surface area contributed by atoms with Crippen molar-refractivity contribution in [2.45, 2.75) is 24.9 Å². The molecule has 2 aromatic rings. The largest absolute Gasteiger partial charge is 0.497 e. The fraction of sp³-hybridized carbons (Fsp3) is 0.471. The number of ether oxygens (including phenoxy) is 1. The van der Waals surface area contributed by atoms with Crippen LogP contribution in [0.25, 0.3) is 0 Å². The van der Waals surface area contributed by atoms with Crippen LogP contribution in [0.15, 0.2) is 36.5 Å². The number of aliphatic hydroxyl groups excluding tert-OH is 1. The molecular weight excluding hydrogens is 278 g/mol. The van der Waals surface area contributed by atoms with Gasteiger partial charge in [-0.05, 0) is 43.1 Å². The standard InChI is InChI=1S/C17H23N3O2/c1-22-15-6-2-4-13(10-15)17(21)12-20-9-3-5-14(11-20)16-7-8-18-19-16/h2,4,6-8,10,14,17,21H,3,5,9,11-12H2,1H3,(H,18,19)/t14-,17-/m1/s1. The van der Waals surface area contributed by atoms with E-state index in [1.165, 1.54) is 12.1 Å². The number of hydrogen-bond donors (Lipinski definition) is 2. The van der Waals surface area contributed by atoms with Gasteiger partial charge in [0.1, 0.15) is 5.75 Å². The maximum atomic E-state index is 10.5. The van der Waals surface area contributed by atoms with Crippen LogP contribution in [0.1, 0.15) is 36.1 Å². The molecule has 1 saturated heterocycles. The first-order valence-corrected chi connectivity index (χ1v) is 7.80. The van der Waals surface area contributed by atoms with Gasteiger partial charge in [-0.1, -0.05) is 12.1 Å². The van der Waals surface area contributed by atoms with Crippen molar-refractivity contribution in [3.63, 3.8) is 0 Å². The van der Waals surface area contributed by atoms with Gasteiger partial charge < -0.3 is 9.84 Å². The Bertz CT molecular complexity index is 585. The molecule has 2 atom stereocenters. The molecule has 118 valence electrons. The van der Waals surface area contributed by atoms with Crippen molar-refractivity contribution in [1.29, 1.82) is 0 Å². The molecule has 0 aliphatic carbocycles. The highest BCUT2D eigenvalue weighted by Gasteiger charge is 2.24. The van der Waals surface area contributed by atoms with E-state index in [1.54, 1.807) is 13.3 Å². The molecule has 0 bridgehead atoms. The summed E-state index contributed by atoms with van der Waals surface area (Å²) in [5.41, 5.74) is 2.10. The molecule has 22 heavy (non-hydrogen) atoms. The smallest absolute Gasteiger partial charge is 0.119 e. The van der Waals surface area contributed by atoms with Crippen LogP contribution >= 0.6 is 0 Å². The Labute approximate surface area is 130 Å². The summed E-state index contributed by atoms with van der Waals surface area (Å²) >= 11 is 0. The maximum Gasteiger partial charge on any atom is 0.119 e. The topological polar surface area (TPSA) is 61.4 Å². The second-order valence-corrected chi connectivity index (χ2v) is 5.90. The predicted molar refractivity (Wildman–Crippen MR) is 85.0 cm³/mol. The van der Waals surface area contributed by atoms with Gasteiger partial charge in [0, 0.05) is 30.9 Å². The molecule has 1 aromatic heterocycles. The summed E-state index contributed by atoms with van der Waals surface area (Å²) in [4.78, 5) is 2.33. The highest BCUT2D eigenvalue weighted by molar-refractivity contribution is 5.30. The van der Waals surface area contributed by atoms with Crippen LogP contribution in [0.3, 0.4) is 0 Å². The summed E-state index contributed by atoms with van der Waals surface area (Å²) in [6.45, 7) is 2.65. The second kappa shape index (κ2) is 6.94. The Balaban J connectivity index is 1.62. The highest BCUT2D eigenvalue weighted by atomic mass is 16.5. The van der Waals surface area contributed by atoms with Crippen molar-refractivity contribution in [2.24, 2.45) is 0 Å². The van der Waals surface area contributed by atoms with Gasteiger partial charge in [0.2, 0.25) is 0 Å². The lowest BCUT2D eigenvalue weighted by Crippen LogP contribution is -2.37. The molecule has 0 unspecified atom stereocenters. The average molecular weight is 301 g/mol. The van der Waals surface area contributed by atoms with Gasteiger partial charge in [0.15, 0.2) is 0 Å². The van der Waals surface area contributed by atoms with Crippen LogP contribution in [-0.2, 0) is 0 Å². The van der Waals surface area contributed by atoms with Crippen LogP contribution in [0.4, 0.5) is 0 Å². The highest BCUT2D eigenvalue weighted by Crippen LogP contribution is 2.27. The van der Waals surface area contributed by atoms with Gasteiger partial charge in [0.05, 0.1) is 13.2 Å². The van der Waals surface area contributed by atoms with Crippen molar-refractivity contribution in [1.82, 2.24) is 15.1 Å². The first kappa shape index (κ1) is 15.1. The number of β-amino-alcohol motifs (C(OH)–C–C–N with tert-alkyl or cyclic N) is 1. The molecule has 0 radical (unpaired) electrons. The fourth-order valence-electron chi connectivity index (χ4n) is 3.17. The minimum absolute atomic E-state index is 0.480. The van der Waals surface area contributed by atoms with Gasteiger partial charge in [0.25, 0.3) is 0 Å². The average Bonchev–Trinajstić information content (AvgIpc) is 3.10. The third-order valence-electron chi connectivity index (χ3n) is 4.38.